The minimum atomic E-state index is 0. The molecule has 0 unspecified atom stereocenters. The Labute approximate surface area is 75.7 Å². The molecule has 0 aliphatic heterocycles. The summed E-state index contributed by atoms with van der Waals surface area (Å²) >= 11 is 0. The van der Waals surface area contributed by atoms with E-state index in [1.165, 1.54) is 0 Å². The first kappa shape index (κ1) is 39.7. The third kappa shape index (κ3) is 52.4. The SMILES string of the molecule is [CH-]=O.[Rf].[Y].[Y]. The van der Waals surface area contributed by atoms with Crippen LogP contribution in [0, 0.1) is 0 Å². The predicted octanol–water partition coefficient (Wildman–Crippen LogP) is -0.279. The van der Waals surface area contributed by atoms with E-state index in [1.807, 2.05) is 0 Å². The van der Waals surface area contributed by atoms with E-state index in [0.717, 1.165) is 0 Å². The first-order valence-corrected chi connectivity index (χ1v) is 0.236. The summed E-state index contributed by atoms with van der Waals surface area (Å²) in [7, 11) is 0. The number of hydrogen-bond donors (Lipinski definition) is 0. The summed E-state index contributed by atoms with van der Waals surface area (Å²) < 4.78 is 0. The van der Waals surface area contributed by atoms with Crippen LogP contribution in [0.25, 0.3) is 0 Å². The maximum Gasteiger partial charge on any atom is 0 e. The van der Waals surface area contributed by atoms with Crippen molar-refractivity contribution in [3.05, 3.63) is 0 Å². The van der Waals surface area contributed by atoms with Crippen molar-refractivity contribution >= 4 is 6.79 Å². The van der Waals surface area contributed by atoms with E-state index in [0.29, 0.717) is 0 Å². The molecule has 0 aromatic rings. The van der Waals surface area contributed by atoms with Crippen LogP contribution >= 0.6 is 0 Å². The van der Waals surface area contributed by atoms with Crippen LogP contribution < -0.4 is 0 Å². The van der Waals surface area contributed by atoms with Crippen LogP contribution in [0.5, 0.6) is 0 Å². The van der Waals surface area contributed by atoms with Gasteiger partial charge >= 0.3 is 0 Å². The van der Waals surface area contributed by atoms with Gasteiger partial charge in [0.2, 0.25) is 0 Å². The fraction of sp³-hybridized carbons (Fsp3) is 0. The summed E-state index contributed by atoms with van der Waals surface area (Å²) in [5.41, 5.74) is 0. The second-order valence-electron chi connectivity index (χ2n) is 0. The van der Waals surface area contributed by atoms with Gasteiger partial charge in [0, 0.05) is 65.4 Å². The van der Waals surface area contributed by atoms with Crippen molar-refractivity contribution in [1.29, 1.82) is 0 Å². The largest absolute Gasteiger partial charge is 0.545 e. The van der Waals surface area contributed by atoms with Crippen LogP contribution in [0.2, 0.25) is 0 Å². The van der Waals surface area contributed by atoms with Gasteiger partial charge in [0.25, 0.3) is 0 Å². The maximum atomic E-state index is 7.75. The van der Waals surface area contributed by atoms with E-state index in [4.69, 9.17) is 4.79 Å². The standard InChI is InChI=1S/CHO.Rf.2Y/c1-2;;;/h1H;;;/q-1;;;. The molecule has 2 radical (unpaired) electrons. The molecule has 20 valence electrons. The van der Waals surface area contributed by atoms with E-state index in [9.17, 15) is 0 Å². The van der Waals surface area contributed by atoms with Gasteiger partial charge in [-0.1, -0.05) is 0 Å². The van der Waals surface area contributed by atoms with E-state index < -0.39 is 0 Å². The second-order valence-corrected chi connectivity index (χ2v) is 0. The van der Waals surface area contributed by atoms with Crippen LogP contribution in [0.15, 0.2) is 0 Å². The summed E-state index contributed by atoms with van der Waals surface area (Å²) in [5, 5.41) is 0. The van der Waals surface area contributed by atoms with E-state index in [2.05, 4.69) is 6.79 Å². The quantitative estimate of drug-likeness (QED) is 0.349. The number of hydrogen-bond acceptors (Lipinski definition) is 1. The zero-order chi connectivity index (χ0) is 2.00. The molecule has 0 bridgehead atoms. The first-order chi connectivity index (χ1) is 1.00. The van der Waals surface area contributed by atoms with Crippen molar-refractivity contribution < 1.29 is 70.2 Å². The van der Waals surface area contributed by atoms with Crippen molar-refractivity contribution in [2.75, 3.05) is 0 Å². The van der Waals surface area contributed by atoms with Gasteiger partial charge in [0.15, 0.2) is 0 Å². The topological polar surface area (TPSA) is 17.1 Å². The second kappa shape index (κ2) is 95.2. The third-order valence-electron chi connectivity index (χ3n) is 0. The average Bonchev–Trinajstić information content (AvgIpc) is 1.00. The van der Waals surface area contributed by atoms with E-state index >= 15 is 0 Å². The molecule has 0 fully saturated rings. The molecule has 1 nitrogen and oxygen atoms in total. The van der Waals surface area contributed by atoms with Gasteiger partial charge in [0.05, 0.1) is 0 Å². The molecule has 0 saturated carbocycles. The predicted molar refractivity (Wildman–Crippen MR) is 6.75 cm³/mol. The van der Waals surface area contributed by atoms with E-state index in [1.54, 1.807) is 0 Å². The molecule has 0 saturated heterocycles. The van der Waals surface area contributed by atoms with Crippen molar-refractivity contribution in [2.24, 2.45) is 0 Å². The van der Waals surface area contributed by atoms with Crippen LogP contribution in [0.4, 0.5) is 0 Å². The van der Waals surface area contributed by atoms with Gasteiger partial charge in [-0.2, -0.15) is 0 Å². The Morgan fingerprint density at radius 1 is 1.00 bits per heavy atom. The normalized spacial score (nSPS) is 0.800. The smallest absolute Gasteiger partial charge is 0 e. The monoisotopic (exact) mass is 474 g/mol. The molecule has 0 spiro atoms. The zero-order valence-corrected chi connectivity index (χ0v) is 14.9. The zero-order valence-electron chi connectivity index (χ0n) is 2.85. The van der Waals surface area contributed by atoms with Crippen molar-refractivity contribution in [1.82, 2.24) is 0 Å². The Bertz CT molecular complexity index is 9.61. The van der Waals surface area contributed by atoms with E-state index in [-0.39, 0.29) is 65.4 Å². The molecule has 0 aliphatic rings. The Morgan fingerprint density at radius 3 is 1.00 bits per heavy atom. The molecular formula is CHORfY2-. The third-order valence-corrected chi connectivity index (χ3v) is 0. The van der Waals surface area contributed by atoms with Gasteiger partial charge in [-0.3, -0.25) is 6.79 Å². The maximum absolute atomic E-state index is 7.75. The molecule has 0 aromatic heterocycles. The molecule has 4 heteroatoms. The summed E-state index contributed by atoms with van der Waals surface area (Å²) in [6.07, 6.45) is 0. The van der Waals surface area contributed by atoms with Crippen LogP contribution in [-0.2, 0) is 70.2 Å². The summed E-state index contributed by atoms with van der Waals surface area (Å²) in [5.74, 6) is 0. The number of carbonyl (C=O) groups excluding carboxylic acids is 1. The fourth-order valence-electron chi connectivity index (χ4n) is 0. The number of rotatable bonds is 0. The molecule has 0 N–H and O–H groups in total. The average molecular weight is 474 g/mol. The van der Waals surface area contributed by atoms with Gasteiger partial charge in [-0.15, -0.1) is 0 Å². The van der Waals surface area contributed by atoms with Gasteiger partial charge < -0.3 is 4.79 Å². The molecule has 0 aliphatic carbocycles. The molecule has 0 rings (SSSR count). The minimum Gasteiger partial charge on any atom is -0.545 e. The van der Waals surface area contributed by atoms with Gasteiger partial charge in [-0.05, 0) is 0 Å². The summed E-state index contributed by atoms with van der Waals surface area (Å²) in [6, 6.07) is 0. The summed E-state index contributed by atoms with van der Waals surface area (Å²) in [6.45, 7) is 3.25. The van der Waals surface area contributed by atoms with Crippen LogP contribution in [-0.4, -0.2) is 6.79 Å². The Morgan fingerprint density at radius 2 is 1.00 bits per heavy atom. The molecule has 0 aromatic carbocycles. The van der Waals surface area contributed by atoms with Gasteiger partial charge in [0.1, 0.15) is 0 Å². The van der Waals surface area contributed by atoms with Gasteiger partial charge in [-0.25, -0.2) is 0 Å². The summed E-state index contributed by atoms with van der Waals surface area (Å²) in [4.78, 5) is 7.75. The molecular weight excluding hydrogens is 473 g/mol. The molecule has 0 amide bonds. The Hall–Kier alpha value is 0.878. The van der Waals surface area contributed by atoms with Crippen molar-refractivity contribution in [2.45, 2.75) is 0 Å². The molecule has 5 heavy (non-hydrogen) atoms. The molecule has 0 heterocycles. The fourth-order valence-corrected chi connectivity index (χ4v) is 0. The van der Waals surface area contributed by atoms with Crippen molar-refractivity contribution in [3.8, 4) is 0 Å². The minimum absolute atomic E-state index is 0. The van der Waals surface area contributed by atoms with Crippen molar-refractivity contribution in [3.63, 3.8) is 0 Å². The van der Waals surface area contributed by atoms with Crippen LogP contribution in [0.3, 0.4) is 0 Å². The Balaban J connectivity index is -0.00000000167. The van der Waals surface area contributed by atoms with Crippen LogP contribution in [0.1, 0.15) is 0 Å². The first-order valence-electron chi connectivity index (χ1n) is 0.236. The molecule has 0 atom stereocenters. The Kier molecular flexibility index (Phi) is 755.